The number of carbonyl (C=O) groups excluding carboxylic acids is 1. The van der Waals surface area contributed by atoms with Gasteiger partial charge in [0.05, 0.1) is 20.5 Å². The minimum Gasteiger partial charge on any atom is -0.419 e. The maximum absolute atomic E-state index is 12.8. The molecule has 9 heteroatoms. The average molecular weight is 467 g/mol. The predicted octanol–water partition coefficient (Wildman–Crippen LogP) is 5.10. The van der Waals surface area contributed by atoms with Crippen LogP contribution in [0.5, 0.6) is 5.75 Å². The van der Waals surface area contributed by atoms with E-state index < -0.39 is 16.0 Å². The van der Waals surface area contributed by atoms with Crippen LogP contribution in [0, 0.1) is 6.92 Å². The van der Waals surface area contributed by atoms with Crippen molar-refractivity contribution in [2.24, 2.45) is 0 Å². The van der Waals surface area contributed by atoms with Gasteiger partial charge in [0, 0.05) is 24.2 Å². The number of carbonyl (C=O) groups is 1. The van der Waals surface area contributed by atoms with E-state index in [1.165, 1.54) is 34.6 Å². The van der Waals surface area contributed by atoms with Gasteiger partial charge >= 0.3 is 5.97 Å². The maximum Gasteiger partial charge on any atom is 0.343 e. The Balaban J connectivity index is 2.01. The van der Waals surface area contributed by atoms with Crippen LogP contribution in [0.2, 0.25) is 10.0 Å². The minimum atomic E-state index is -3.71. The largest absolute Gasteiger partial charge is 0.419 e. The number of aryl methyl sites for hydroxylation is 1. The first-order valence-corrected chi connectivity index (χ1v) is 11.5. The summed E-state index contributed by atoms with van der Waals surface area (Å²) in [5, 5.41) is 1.10. The number of aromatic nitrogens is 1. The van der Waals surface area contributed by atoms with Gasteiger partial charge in [0.2, 0.25) is 10.0 Å². The highest BCUT2D eigenvalue weighted by Crippen LogP contribution is 2.37. The Bertz CT molecular complexity index is 1230. The molecule has 1 aromatic heterocycles. The van der Waals surface area contributed by atoms with Crippen LogP contribution in [0.3, 0.4) is 0 Å². The van der Waals surface area contributed by atoms with Gasteiger partial charge in [0.15, 0.2) is 5.75 Å². The predicted molar refractivity (Wildman–Crippen MR) is 118 cm³/mol. The second kappa shape index (κ2) is 8.89. The van der Waals surface area contributed by atoms with Crippen molar-refractivity contribution in [3.05, 3.63) is 63.8 Å². The monoisotopic (exact) mass is 466 g/mol. The van der Waals surface area contributed by atoms with Gasteiger partial charge in [-0.15, -0.1) is 0 Å². The number of rotatable bonds is 6. The quantitative estimate of drug-likeness (QED) is 0.373. The molecule has 30 heavy (non-hydrogen) atoms. The van der Waals surface area contributed by atoms with Gasteiger partial charge in [-0.3, -0.25) is 0 Å². The highest BCUT2D eigenvalue weighted by molar-refractivity contribution is 7.89. The number of ether oxygens (including phenoxy) is 1. The van der Waals surface area contributed by atoms with Gasteiger partial charge in [-0.2, -0.15) is 4.31 Å². The number of hydrogen-bond acceptors (Lipinski definition) is 5. The van der Waals surface area contributed by atoms with Crippen molar-refractivity contribution in [2.75, 3.05) is 13.1 Å². The molecule has 0 amide bonds. The smallest absolute Gasteiger partial charge is 0.343 e. The molecule has 0 saturated carbocycles. The molecular weight excluding hydrogens is 447 g/mol. The first-order chi connectivity index (χ1) is 14.2. The summed E-state index contributed by atoms with van der Waals surface area (Å²) < 4.78 is 32.4. The van der Waals surface area contributed by atoms with Gasteiger partial charge in [-0.05, 0) is 43.3 Å². The van der Waals surface area contributed by atoms with Crippen LogP contribution in [0.4, 0.5) is 0 Å². The molecule has 0 spiro atoms. The minimum absolute atomic E-state index is 0.0154. The topological polar surface area (TPSA) is 76.6 Å². The van der Waals surface area contributed by atoms with E-state index >= 15 is 0 Å². The maximum atomic E-state index is 12.8. The third kappa shape index (κ3) is 4.30. The number of esters is 1. The van der Waals surface area contributed by atoms with Gasteiger partial charge in [-0.25, -0.2) is 18.2 Å². The molecule has 0 aliphatic heterocycles. The van der Waals surface area contributed by atoms with E-state index in [1.54, 1.807) is 32.9 Å². The van der Waals surface area contributed by atoms with E-state index in [9.17, 15) is 13.2 Å². The van der Waals surface area contributed by atoms with Gasteiger partial charge in [0.25, 0.3) is 0 Å². The summed E-state index contributed by atoms with van der Waals surface area (Å²) in [5.74, 6) is -0.679. The molecule has 0 atom stereocenters. The summed E-state index contributed by atoms with van der Waals surface area (Å²) in [6.45, 7) is 5.95. The molecule has 1 heterocycles. The van der Waals surface area contributed by atoms with Crippen molar-refractivity contribution in [3.63, 3.8) is 0 Å². The zero-order valence-electron chi connectivity index (χ0n) is 16.6. The van der Waals surface area contributed by atoms with Gasteiger partial charge in [0.1, 0.15) is 5.52 Å². The van der Waals surface area contributed by atoms with E-state index in [-0.39, 0.29) is 21.2 Å². The van der Waals surface area contributed by atoms with Crippen molar-refractivity contribution in [2.45, 2.75) is 25.7 Å². The van der Waals surface area contributed by atoms with Crippen LogP contribution < -0.4 is 4.74 Å². The van der Waals surface area contributed by atoms with E-state index in [1.807, 2.05) is 0 Å². The van der Waals surface area contributed by atoms with Crippen LogP contribution in [0.1, 0.15) is 29.9 Å². The van der Waals surface area contributed by atoms with E-state index in [4.69, 9.17) is 27.9 Å². The molecule has 0 radical (unpaired) electrons. The van der Waals surface area contributed by atoms with E-state index in [0.29, 0.717) is 34.7 Å². The Labute approximate surface area is 185 Å². The van der Waals surface area contributed by atoms with Crippen LogP contribution in [0.25, 0.3) is 10.9 Å². The Kier molecular flexibility index (Phi) is 6.67. The fraction of sp³-hybridized carbons (Fsp3) is 0.238. The molecular formula is C21H20Cl2N2O4S. The SMILES string of the molecule is CCN(CC)S(=O)(=O)c1cccc(C(=O)Oc2c(Cl)cc(Cl)c3ccc(C)nc23)c1. The van der Waals surface area contributed by atoms with Gasteiger partial charge in [-0.1, -0.05) is 43.1 Å². The summed E-state index contributed by atoms with van der Waals surface area (Å²) in [7, 11) is -3.71. The molecule has 3 aromatic rings. The highest BCUT2D eigenvalue weighted by atomic mass is 35.5. The lowest BCUT2D eigenvalue weighted by molar-refractivity contribution is 0.0736. The summed E-state index contributed by atoms with van der Waals surface area (Å²) >= 11 is 12.5. The lowest BCUT2D eigenvalue weighted by atomic mass is 10.2. The molecule has 0 N–H and O–H groups in total. The summed E-state index contributed by atoms with van der Waals surface area (Å²) in [6.07, 6.45) is 0. The standard InChI is InChI=1S/C21H20Cl2N2O4S/c1-4-25(5-2)30(27,28)15-8-6-7-14(11-15)21(26)29-20-18(23)12-17(22)16-10-9-13(3)24-19(16)20/h6-12H,4-5H2,1-3H3. The van der Waals surface area contributed by atoms with Gasteiger partial charge < -0.3 is 4.74 Å². The van der Waals surface area contributed by atoms with Crippen molar-refractivity contribution in [1.82, 2.24) is 9.29 Å². The van der Waals surface area contributed by atoms with Crippen molar-refractivity contribution in [3.8, 4) is 5.75 Å². The number of pyridine rings is 1. The number of fused-ring (bicyclic) bond motifs is 1. The lowest BCUT2D eigenvalue weighted by Gasteiger charge is -2.18. The number of nitrogens with zero attached hydrogens (tertiary/aromatic N) is 2. The number of hydrogen-bond donors (Lipinski definition) is 0. The fourth-order valence-corrected chi connectivity index (χ4v) is 5.09. The number of sulfonamides is 1. The summed E-state index contributed by atoms with van der Waals surface area (Å²) in [6, 6.07) is 10.7. The zero-order chi connectivity index (χ0) is 22.1. The molecule has 0 unspecified atom stereocenters. The van der Waals surface area contributed by atoms with Crippen molar-refractivity contribution >= 4 is 50.1 Å². The lowest BCUT2D eigenvalue weighted by Crippen LogP contribution is -2.30. The van der Waals surface area contributed by atoms with Crippen LogP contribution in [-0.2, 0) is 10.0 Å². The second-order valence-corrected chi connectivity index (χ2v) is 9.28. The Hall–Kier alpha value is -2.19. The third-order valence-corrected chi connectivity index (χ3v) is 7.22. The molecule has 0 aliphatic rings. The summed E-state index contributed by atoms with van der Waals surface area (Å²) in [4.78, 5) is 17.2. The molecule has 0 saturated heterocycles. The summed E-state index contributed by atoms with van der Waals surface area (Å²) in [5.41, 5.74) is 1.13. The van der Waals surface area contributed by atoms with Crippen molar-refractivity contribution < 1.29 is 17.9 Å². The second-order valence-electron chi connectivity index (χ2n) is 6.52. The Morgan fingerprint density at radius 3 is 2.43 bits per heavy atom. The molecule has 0 aliphatic carbocycles. The fourth-order valence-electron chi connectivity index (χ4n) is 3.04. The van der Waals surface area contributed by atoms with Crippen LogP contribution in [0.15, 0.2) is 47.4 Å². The van der Waals surface area contributed by atoms with Crippen molar-refractivity contribution in [1.29, 1.82) is 0 Å². The first kappa shape index (κ1) is 22.5. The van der Waals surface area contributed by atoms with E-state index in [2.05, 4.69) is 4.98 Å². The average Bonchev–Trinajstić information content (AvgIpc) is 2.71. The Morgan fingerprint density at radius 2 is 1.77 bits per heavy atom. The molecule has 2 aromatic carbocycles. The number of benzene rings is 2. The highest BCUT2D eigenvalue weighted by Gasteiger charge is 2.24. The van der Waals surface area contributed by atoms with Crippen LogP contribution >= 0.6 is 23.2 Å². The third-order valence-electron chi connectivity index (χ3n) is 4.58. The molecule has 0 fully saturated rings. The molecule has 158 valence electrons. The van der Waals surface area contributed by atoms with E-state index in [0.717, 1.165) is 0 Å². The zero-order valence-corrected chi connectivity index (χ0v) is 19.0. The number of halogens is 2. The molecule has 0 bridgehead atoms. The van der Waals surface area contributed by atoms with Crippen LogP contribution in [-0.4, -0.2) is 36.8 Å². The molecule has 6 nitrogen and oxygen atoms in total. The first-order valence-electron chi connectivity index (χ1n) is 9.26. The normalized spacial score (nSPS) is 11.8. The Morgan fingerprint density at radius 1 is 1.07 bits per heavy atom. The molecule has 3 rings (SSSR count).